The number of amides is 1. The summed E-state index contributed by atoms with van der Waals surface area (Å²) in [4.78, 5) is 22.9. The lowest BCUT2D eigenvalue weighted by Gasteiger charge is -2.22. The smallest absolute Gasteiger partial charge is 0.305 e. The van der Waals surface area contributed by atoms with E-state index in [0.717, 1.165) is 40.0 Å². The van der Waals surface area contributed by atoms with Crippen LogP contribution in [0.3, 0.4) is 0 Å². The van der Waals surface area contributed by atoms with Crippen LogP contribution in [0.5, 0.6) is 5.75 Å². The van der Waals surface area contributed by atoms with Crippen molar-refractivity contribution in [1.82, 2.24) is 5.32 Å². The van der Waals surface area contributed by atoms with Crippen molar-refractivity contribution in [1.29, 1.82) is 0 Å². The predicted molar refractivity (Wildman–Crippen MR) is 140 cm³/mol. The van der Waals surface area contributed by atoms with E-state index in [9.17, 15) is 9.59 Å². The summed E-state index contributed by atoms with van der Waals surface area (Å²) >= 11 is 0. The van der Waals surface area contributed by atoms with Crippen LogP contribution in [0.2, 0.25) is 0 Å². The van der Waals surface area contributed by atoms with Crippen molar-refractivity contribution in [2.45, 2.75) is 39.7 Å². The van der Waals surface area contributed by atoms with E-state index in [1.165, 1.54) is 0 Å². The maximum absolute atomic E-state index is 12.2. The minimum absolute atomic E-state index is 0.100. The number of aliphatic carboxylic acids is 1. The third-order valence-electron chi connectivity index (χ3n) is 5.70. The summed E-state index contributed by atoms with van der Waals surface area (Å²) in [6.07, 6.45) is 0.570. The number of ether oxygens (including phenoxy) is 1. The molecule has 1 unspecified atom stereocenters. The molecule has 0 aromatic heterocycles. The summed E-state index contributed by atoms with van der Waals surface area (Å²) < 4.78 is 6.37. The summed E-state index contributed by atoms with van der Waals surface area (Å²) in [5.41, 5.74) is 5.91. The summed E-state index contributed by atoms with van der Waals surface area (Å²) in [6.45, 7) is 10.4. The van der Waals surface area contributed by atoms with E-state index in [2.05, 4.69) is 62.1 Å². The van der Waals surface area contributed by atoms with Gasteiger partial charge in [-0.2, -0.15) is 0 Å². The van der Waals surface area contributed by atoms with E-state index in [1.54, 1.807) is 12.1 Å². The Labute approximate surface area is 207 Å². The standard InChI is InChI=1S/C30H33NO4/c1-20(2)19-28(25-9-11-26(12-10-25)30(34)31-18-17-29(32)33)35-27-15-13-24(14-16-27)23-7-5-22(6-8-23)21(3)4/h5-16,20,28H,3,17-19H2,1-2,4H3,(H,31,34)(H,32,33). The van der Waals surface area contributed by atoms with Gasteiger partial charge in [0.2, 0.25) is 0 Å². The SMILES string of the molecule is C=C(C)c1ccc(-c2ccc(OC(CC(C)C)c3ccc(C(=O)NCCC(=O)O)cc3)cc2)cc1. The Morgan fingerprint density at radius 1 is 0.886 bits per heavy atom. The number of allylic oxidation sites excluding steroid dienone is 1. The molecule has 0 spiro atoms. The third kappa shape index (κ3) is 7.57. The minimum Gasteiger partial charge on any atom is -0.486 e. The molecule has 5 nitrogen and oxygen atoms in total. The van der Waals surface area contributed by atoms with Crippen molar-refractivity contribution in [2.75, 3.05) is 6.54 Å². The van der Waals surface area contributed by atoms with Gasteiger partial charge in [-0.15, -0.1) is 0 Å². The molecule has 0 heterocycles. The summed E-state index contributed by atoms with van der Waals surface area (Å²) in [5, 5.41) is 11.3. The van der Waals surface area contributed by atoms with Crippen LogP contribution in [-0.4, -0.2) is 23.5 Å². The monoisotopic (exact) mass is 471 g/mol. The van der Waals surface area contributed by atoms with Crippen LogP contribution in [0, 0.1) is 5.92 Å². The fourth-order valence-electron chi connectivity index (χ4n) is 3.75. The van der Waals surface area contributed by atoms with E-state index in [4.69, 9.17) is 9.84 Å². The zero-order valence-corrected chi connectivity index (χ0v) is 20.6. The van der Waals surface area contributed by atoms with Gasteiger partial charge in [0.15, 0.2) is 0 Å². The quantitative estimate of drug-likeness (QED) is 0.324. The fourth-order valence-corrected chi connectivity index (χ4v) is 3.75. The van der Waals surface area contributed by atoms with E-state index in [1.807, 2.05) is 31.2 Å². The normalized spacial score (nSPS) is 11.7. The van der Waals surface area contributed by atoms with Gasteiger partial charge >= 0.3 is 5.97 Å². The molecule has 35 heavy (non-hydrogen) atoms. The zero-order valence-electron chi connectivity index (χ0n) is 20.6. The van der Waals surface area contributed by atoms with Crippen LogP contribution >= 0.6 is 0 Å². The fraction of sp³-hybridized carbons (Fsp3) is 0.267. The van der Waals surface area contributed by atoms with Crippen LogP contribution in [0.15, 0.2) is 79.4 Å². The zero-order chi connectivity index (χ0) is 25.4. The maximum atomic E-state index is 12.2. The van der Waals surface area contributed by atoms with E-state index in [0.29, 0.717) is 11.5 Å². The highest BCUT2D eigenvalue weighted by Gasteiger charge is 2.17. The molecule has 0 fully saturated rings. The van der Waals surface area contributed by atoms with Gasteiger partial charge in [0, 0.05) is 12.1 Å². The number of hydrogen-bond acceptors (Lipinski definition) is 3. The lowest BCUT2D eigenvalue weighted by molar-refractivity contribution is -0.136. The first-order chi connectivity index (χ1) is 16.7. The Kier molecular flexibility index (Phi) is 8.85. The Hall–Kier alpha value is -3.86. The number of carbonyl (C=O) groups excluding carboxylic acids is 1. The highest BCUT2D eigenvalue weighted by molar-refractivity contribution is 5.94. The highest BCUT2D eigenvalue weighted by Crippen LogP contribution is 2.30. The number of rotatable bonds is 11. The number of carboxylic acid groups (broad SMARTS) is 1. The van der Waals surface area contributed by atoms with Gasteiger partial charge < -0.3 is 15.2 Å². The molecular weight excluding hydrogens is 438 g/mol. The molecule has 0 saturated heterocycles. The van der Waals surface area contributed by atoms with Crippen LogP contribution < -0.4 is 10.1 Å². The number of benzene rings is 3. The Bertz CT molecular complexity index is 1150. The van der Waals surface area contributed by atoms with Gasteiger partial charge in [0.1, 0.15) is 11.9 Å². The minimum atomic E-state index is -0.942. The van der Waals surface area contributed by atoms with Gasteiger partial charge in [-0.05, 0) is 65.8 Å². The molecule has 1 amide bonds. The Morgan fingerprint density at radius 2 is 1.43 bits per heavy atom. The number of nitrogens with one attached hydrogen (secondary N) is 1. The Balaban J connectivity index is 1.70. The average molecular weight is 472 g/mol. The molecule has 3 rings (SSSR count). The van der Waals surface area contributed by atoms with Crippen molar-refractivity contribution in [3.05, 3.63) is 96.1 Å². The van der Waals surface area contributed by atoms with Crippen molar-refractivity contribution < 1.29 is 19.4 Å². The second-order valence-electron chi connectivity index (χ2n) is 9.14. The van der Waals surface area contributed by atoms with Crippen molar-refractivity contribution >= 4 is 17.4 Å². The molecule has 5 heteroatoms. The van der Waals surface area contributed by atoms with Crippen LogP contribution in [0.25, 0.3) is 16.7 Å². The van der Waals surface area contributed by atoms with E-state index >= 15 is 0 Å². The predicted octanol–water partition coefficient (Wildman–Crippen LogP) is 6.76. The van der Waals surface area contributed by atoms with Gasteiger partial charge in [-0.25, -0.2) is 0 Å². The molecule has 0 radical (unpaired) electrons. The molecule has 3 aromatic carbocycles. The molecule has 0 aliphatic carbocycles. The maximum Gasteiger partial charge on any atom is 0.305 e. The Morgan fingerprint density at radius 3 is 1.94 bits per heavy atom. The van der Waals surface area contributed by atoms with Gasteiger partial charge in [-0.3, -0.25) is 9.59 Å². The molecule has 3 aromatic rings. The lowest BCUT2D eigenvalue weighted by atomic mass is 9.98. The van der Waals surface area contributed by atoms with Gasteiger partial charge in [0.25, 0.3) is 5.91 Å². The summed E-state index contributed by atoms with van der Waals surface area (Å²) in [6, 6.07) is 23.7. The first kappa shape index (κ1) is 25.8. The molecule has 0 bridgehead atoms. The van der Waals surface area contributed by atoms with E-state index in [-0.39, 0.29) is 25.0 Å². The topological polar surface area (TPSA) is 75.6 Å². The molecule has 1 atom stereocenters. The molecule has 2 N–H and O–H groups in total. The van der Waals surface area contributed by atoms with Crippen LogP contribution in [0.4, 0.5) is 0 Å². The molecule has 0 aliphatic heterocycles. The third-order valence-corrected chi connectivity index (χ3v) is 5.70. The number of hydrogen-bond donors (Lipinski definition) is 2. The molecule has 0 aliphatic rings. The lowest BCUT2D eigenvalue weighted by Crippen LogP contribution is -2.26. The summed E-state index contributed by atoms with van der Waals surface area (Å²) in [7, 11) is 0. The largest absolute Gasteiger partial charge is 0.486 e. The van der Waals surface area contributed by atoms with Crippen molar-refractivity contribution in [3.8, 4) is 16.9 Å². The second-order valence-corrected chi connectivity index (χ2v) is 9.14. The summed E-state index contributed by atoms with van der Waals surface area (Å²) in [5.74, 6) is -0.0208. The van der Waals surface area contributed by atoms with Crippen molar-refractivity contribution in [2.24, 2.45) is 5.92 Å². The molecule has 0 saturated carbocycles. The number of carboxylic acids is 1. The van der Waals surface area contributed by atoms with Crippen LogP contribution in [0.1, 0.15) is 61.2 Å². The van der Waals surface area contributed by atoms with Gasteiger partial charge in [0.05, 0.1) is 6.42 Å². The second kappa shape index (κ2) is 12.0. The molecule has 182 valence electrons. The van der Waals surface area contributed by atoms with E-state index < -0.39 is 5.97 Å². The number of carbonyl (C=O) groups is 2. The molecular formula is C30H33NO4. The van der Waals surface area contributed by atoms with Crippen LogP contribution in [-0.2, 0) is 4.79 Å². The van der Waals surface area contributed by atoms with Crippen molar-refractivity contribution in [3.63, 3.8) is 0 Å². The van der Waals surface area contributed by atoms with Gasteiger partial charge in [-0.1, -0.05) is 74.5 Å². The highest BCUT2D eigenvalue weighted by atomic mass is 16.5. The first-order valence-electron chi connectivity index (χ1n) is 11.9. The average Bonchev–Trinajstić information content (AvgIpc) is 2.83. The first-order valence-corrected chi connectivity index (χ1v) is 11.9.